The zero-order valence-electron chi connectivity index (χ0n) is 14.2. The van der Waals surface area contributed by atoms with Gasteiger partial charge >= 0.3 is 0 Å². The highest BCUT2D eigenvalue weighted by Gasteiger charge is 2.19. The number of benzene rings is 2. The average Bonchev–Trinajstić information content (AvgIpc) is 2.61. The Balaban J connectivity index is 1.77. The minimum atomic E-state index is -0.234. The molecule has 2 N–H and O–H groups in total. The smallest absolute Gasteiger partial charge is 0.237 e. The zero-order chi connectivity index (χ0) is 17.8. The van der Waals surface area contributed by atoms with Crippen LogP contribution in [0.25, 0.3) is 10.9 Å². The van der Waals surface area contributed by atoms with Crippen molar-refractivity contribution in [2.75, 3.05) is 5.32 Å². The number of fused-ring (bicyclic) bond motifs is 1. The number of nitrogens with one attached hydrogen (secondary N) is 1. The van der Waals surface area contributed by atoms with Crippen LogP contribution in [0.2, 0.25) is 0 Å². The molecule has 1 atom stereocenters. The first-order valence-corrected chi connectivity index (χ1v) is 9.07. The van der Waals surface area contributed by atoms with Gasteiger partial charge in [0.05, 0.1) is 15.8 Å². The zero-order valence-corrected chi connectivity index (χ0v) is 15.0. The van der Waals surface area contributed by atoms with E-state index in [-0.39, 0.29) is 16.9 Å². The van der Waals surface area contributed by atoms with E-state index in [4.69, 9.17) is 0 Å². The van der Waals surface area contributed by atoms with Gasteiger partial charge in [-0.05, 0) is 55.3 Å². The third-order valence-electron chi connectivity index (χ3n) is 3.96. The fraction of sp³-hybridized carbons (Fsp3) is 0.200. The summed E-state index contributed by atoms with van der Waals surface area (Å²) >= 11 is 1.48. The van der Waals surface area contributed by atoms with Crippen LogP contribution in [0, 0.1) is 6.92 Å². The van der Waals surface area contributed by atoms with E-state index >= 15 is 0 Å². The number of para-hydroxylation sites is 1. The van der Waals surface area contributed by atoms with Crippen LogP contribution in [0.1, 0.15) is 18.9 Å². The highest BCUT2D eigenvalue weighted by molar-refractivity contribution is 8.00. The third kappa shape index (κ3) is 4.12. The van der Waals surface area contributed by atoms with Crippen molar-refractivity contribution < 1.29 is 9.90 Å². The van der Waals surface area contributed by atoms with Gasteiger partial charge in [0.2, 0.25) is 5.91 Å². The molecule has 0 saturated carbocycles. The first kappa shape index (κ1) is 17.3. The number of hydrogen-bond donors (Lipinski definition) is 2. The molecule has 0 aliphatic carbocycles. The molecule has 0 radical (unpaired) electrons. The van der Waals surface area contributed by atoms with Crippen LogP contribution < -0.4 is 5.32 Å². The quantitative estimate of drug-likeness (QED) is 0.513. The summed E-state index contributed by atoms with van der Waals surface area (Å²) in [5.74, 6) is 0.112. The van der Waals surface area contributed by atoms with Crippen molar-refractivity contribution in [1.29, 1.82) is 0 Å². The first-order valence-electron chi connectivity index (χ1n) is 8.19. The Morgan fingerprint density at radius 2 is 1.92 bits per heavy atom. The standard InChI is InChI=1S/C20H20N2O2S/c1-3-18(20(24)21-14-8-10-15(23)11-9-14)25-19-12-13(2)16-6-4-5-7-17(16)22-19/h4-12,18,23H,3H2,1-2H3,(H,21,24). The third-order valence-corrected chi connectivity index (χ3v) is 5.24. The largest absolute Gasteiger partial charge is 0.508 e. The van der Waals surface area contributed by atoms with Gasteiger partial charge in [-0.2, -0.15) is 0 Å². The number of rotatable bonds is 5. The van der Waals surface area contributed by atoms with Crippen molar-refractivity contribution in [3.63, 3.8) is 0 Å². The van der Waals surface area contributed by atoms with Crippen molar-refractivity contribution in [2.45, 2.75) is 30.5 Å². The first-order chi connectivity index (χ1) is 12.1. The van der Waals surface area contributed by atoms with Gasteiger partial charge in [-0.1, -0.05) is 36.9 Å². The molecular weight excluding hydrogens is 332 g/mol. The lowest BCUT2D eigenvalue weighted by Crippen LogP contribution is -2.24. The lowest BCUT2D eigenvalue weighted by atomic mass is 10.1. The van der Waals surface area contributed by atoms with Crippen molar-refractivity contribution in [3.8, 4) is 5.75 Å². The molecule has 1 heterocycles. The van der Waals surface area contributed by atoms with Crippen LogP contribution in [0.4, 0.5) is 5.69 Å². The summed E-state index contributed by atoms with van der Waals surface area (Å²) in [6.07, 6.45) is 0.697. The van der Waals surface area contributed by atoms with Gasteiger partial charge < -0.3 is 10.4 Å². The maximum absolute atomic E-state index is 12.6. The van der Waals surface area contributed by atoms with E-state index in [0.717, 1.165) is 21.5 Å². The number of nitrogens with zero attached hydrogens (tertiary/aromatic N) is 1. The molecule has 128 valence electrons. The molecule has 3 rings (SSSR count). The Morgan fingerprint density at radius 1 is 1.20 bits per heavy atom. The fourth-order valence-corrected chi connectivity index (χ4v) is 3.63. The van der Waals surface area contributed by atoms with Gasteiger partial charge in [-0.25, -0.2) is 4.98 Å². The number of carbonyl (C=O) groups excluding carboxylic acids is 1. The topological polar surface area (TPSA) is 62.2 Å². The van der Waals surface area contributed by atoms with Gasteiger partial charge in [0.25, 0.3) is 0 Å². The maximum Gasteiger partial charge on any atom is 0.237 e. The highest BCUT2D eigenvalue weighted by Crippen LogP contribution is 2.29. The number of anilines is 1. The van der Waals surface area contributed by atoms with Crippen molar-refractivity contribution in [3.05, 3.63) is 60.2 Å². The Hall–Kier alpha value is -2.53. The Bertz CT molecular complexity index is 894. The molecule has 2 aromatic carbocycles. The van der Waals surface area contributed by atoms with E-state index < -0.39 is 0 Å². The van der Waals surface area contributed by atoms with E-state index in [1.54, 1.807) is 24.3 Å². The number of thioether (sulfide) groups is 1. The molecule has 4 nitrogen and oxygen atoms in total. The number of phenols is 1. The number of phenolic OH excluding ortho intramolecular Hbond substituents is 1. The normalized spacial score (nSPS) is 12.1. The maximum atomic E-state index is 12.6. The molecule has 25 heavy (non-hydrogen) atoms. The van der Waals surface area contributed by atoms with E-state index in [1.165, 1.54) is 11.8 Å². The molecular formula is C20H20N2O2S. The lowest BCUT2D eigenvalue weighted by Gasteiger charge is -2.15. The van der Waals surface area contributed by atoms with E-state index in [1.807, 2.05) is 31.2 Å². The molecule has 0 aliphatic heterocycles. The number of aryl methyl sites for hydroxylation is 1. The number of amides is 1. The van der Waals surface area contributed by atoms with Crippen LogP contribution in [0.15, 0.2) is 59.6 Å². The summed E-state index contributed by atoms with van der Waals surface area (Å²) in [6.45, 7) is 4.05. The number of aromatic nitrogens is 1. The SMILES string of the molecule is CCC(Sc1cc(C)c2ccccc2n1)C(=O)Nc1ccc(O)cc1. The average molecular weight is 352 g/mol. The monoisotopic (exact) mass is 352 g/mol. The Labute approximate surface area is 151 Å². The van der Waals surface area contributed by atoms with E-state index in [9.17, 15) is 9.90 Å². The van der Waals surface area contributed by atoms with Crippen LogP contribution in [-0.2, 0) is 4.79 Å². The Morgan fingerprint density at radius 3 is 2.64 bits per heavy atom. The minimum Gasteiger partial charge on any atom is -0.508 e. The van der Waals surface area contributed by atoms with E-state index in [2.05, 4.69) is 23.3 Å². The van der Waals surface area contributed by atoms with Gasteiger partial charge in [0, 0.05) is 11.1 Å². The van der Waals surface area contributed by atoms with Crippen LogP contribution in [0.3, 0.4) is 0 Å². The number of carbonyl (C=O) groups is 1. The molecule has 0 saturated heterocycles. The molecule has 0 fully saturated rings. The second-order valence-corrected chi connectivity index (χ2v) is 7.07. The van der Waals surface area contributed by atoms with Gasteiger partial charge in [-0.15, -0.1) is 0 Å². The predicted octanol–water partition coefficient (Wildman–Crippen LogP) is 4.76. The number of hydrogen-bond acceptors (Lipinski definition) is 4. The highest BCUT2D eigenvalue weighted by atomic mass is 32.2. The molecule has 0 aliphatic rings. The second kappa shape index (κ2) is 7.57. The van der Waals surface area contributed by atoms with E-state index in [0.29, 0.717) is 12.1 Å². The second-order valence-electron chi connectivity index (χ2n) is 5.85. The number of pyridine rings is 1. The molecule has 1 unspecified atom stereocenters. The van der Waals surface area contributed by atoms with Gasteiger partial charge in [0.1, 0.15) is 5.75 Å². The fourth-order valence-electron chi connectivity index (χ4n) is 2.61. The van der Waals surface area contributed by atoms with Gasteiger partial charge in [0.15, 0.2) is 0 Å². The van der Waals surface area contributed by atoms with Crippen LogP contribution >= 0.6 is 11.8 Å². The summed E-state index contributed by atoms with van der Waals surface area (Å²) in [5.41, 5.74) is 2.77. The van der Waals surface area contributed by atoms with Crippen LogP contribution in [0.5, 0.6) is 5.75 Å². The Kier molecular flexibility index (Phi) is 5.24. The van der Waals surface area contributed by atoms with Crippen LogP contribution in [-0.4, -0.2) is 21.2 Å². The number of aromatic hydroxyl groups is 1. The molecule has 0 spiro atoms. The molecule has 1 amide bonds. The van der Waals surface area contributed by atoms with Crippen molar-refractivity contribution in [2.24, 2.45) is 0 Å². The van der Waals surface area contributed by atoms with Crippen molar-refractivity contribution >= 4 is 34.3 Å². The molecule has 1 aromatic heterocycles. The van der Waals surface area contributed by atoms with Gasteiger partial charge in [-0.3, -0.25) is 4.79 Å². The molecule has 0 bridgehead atoms. The molecule has 5 heteroatoms. The summed E-state index contributed by atoms with van der Waals surface area (Å²) in [5, 5.41) is 14.0. The lowest BCUT2D eigenvalue weighted by molar-refractivity contribution is -0.115. The predicted molar refractivity (Wildman–Crippen MR) is 103 cm³/mol. The summed E-state index contributed by atoms with van der Waals surface area (Å²) in [6, 6.07) is 16.5. The summed E-state index contributed by atoms with van der Waals surface area (Å²) < 4.78 is 0. The molecule has 3 aromatic rings. The minimum absolute atomic E-state index is 0.0641. The van der Waals surface area contributed by atoms with Crippen molar-refractivity contribution in [1.82, 2.24) is 4.98 Å². The summed E-state index contributed by atoms with van der Waals surface area (Å²) in [4.78, 5) is 17.2. The summed E-state index contributed by atoms with van der Waals surface area (Å²) in [7, 11) is 0.